The van der Waals surface area contributed by atoms with Crippen LogP contribution in [0.25, 0.3) is 0 Å². The van der Waals surface area contributed by atoms with Gasteiger partial charge in [0.2, 0.25) is 10.0 Å². The van der Waals surface area contributed by atoms with Crippen LogP contribution in [0.15, 0.2) is 0 Å². The van der Waals surface area contributed by atoms with E-state index in [0.717, 1.165) is 12.8 Å². The SMILES string of the molecule is CCCCCCCCCCCCCCCCN(CC)S(C)(=O)=O. The second-order valence-corrected chi connectivity index (χ2v) is 8.83. The van der Waals surface area contributed by atoms with Gasteiger partial charge in [-0.2, -0.15) is 0 Å². The lowest BCUT2D eigenvalue weighted by molar-refractivity contribution is 0.414. The first-order valence-corrected chi connectivity index (χ1v) is 11.8. The predicted octanol–water partition coefficient (Wildman–Crippen LogP) is 5.75. The zero-order chi connectivity index (χ0) is 17.4. The second-order valence-electron chi connectivity index (χ2n) is 6.85. The molecular weight excluding hydrogens is 306 g/mol. The molecule has 0 aromatic heterocycles. The van der Waals surface area contributed by atoms with Crippen molar-refractivity contribution in [1.82, 2.24) is 4.31 Å². The smallest absolute Gasteiger partial charge is 0.211 e. The maximum atomic E-state index is 11.5. The summed E-state index contributed by atoms with van der Waals surface area (Å²) in [4.78, 5) is 0. The standard InChI is InChI=1S/C19H41NO2S/c1-4-6-7-8-9-10-11-12-13-14-15-16-17-18-19-20(5-2)23(3,21)22/h4-19H2,1-3H3. The lowest BCUT2D eigenvalue weighted by Crippen LogP contribution is -2.30. The van der Waals surface area contributed by atoms with Crippen LogP contribution in [0.2, 0.25) is 0 Å². The Kier molecular flexibility index (Phi) is 15.4. The number of rotatable bonds is 17. The summed E-state index contributed by atoms with van der Waals surface area (Å²) in [7, 11) is -3.00. The molecule has 0 bridgehead atoms. The predicted molar refractivity (Wildman–Crippen MR) is 102 cm³/mol. The van der Waals surface area contributed by atoms with Gasteiger partial charge in [-0.3, -0.25) is 0 Å². The molecule has 0 heterocycles. The summed E-state index contributed by atoms with van der Waals surface area (Å²) >= 11 is 0. The summed E-state index contributed by atoms with van der Waals surface area (Å²) in [6.07, 6.45) is 20.0. The molecule has 0 aromatic rings. The Morgan fingerprint density at radius 1 is 0.609 bits per heavy atom. The molecule has 0 radical (unpaired) electrons. The molecule has 0 amide bonds. The van der Waals surface area contributed by atoms with Crippen LogP contribution >= 0.6 is 0 Å². The minimum Gasteiger partial charge on any atom is -0.213 e. The first-order valence-electron chi connectivity index (χ1n) is 9.97. The van der Waals surface area contributed by atoms with E-state index in [0.29, 0.717) is 13.1 Å². The van der Waals surface area contributed by atoms with E-state index in [1.807, 2.05) is 6.92 Å². The molecule has 3 nitrogen and oxygen atoms in total. The largest absolute Gasteiger partial charge is 0.213 e. The van der Waals surface area contributed by atoms with Crippen LogP contribution < -0.4 is 0 Å². The molecule has 0 spiro atoms. The summed E-state index contributed by atoms with van der Waals surface area (Å²) < 4.78 is 24.5. The van der Waals surface area contributed by atoms with E-state index in [2.05, 4.69) is 6.92 Å². The monoisotopic (exact) mass is 347 g/mol. The fraction of sp³-hybridized carbons (Fsp3) is 1.00. The Balaban J connectivity index is 3.25. The van der Waals surface area contributed by atoms with Crippen LogP contribution in [-0.4, -0.2) is 32.1 Å². The zero-order valence-electron chi connectivity index (χ0n) is 16.0. The number of hydrogen-bond donors (Lipinski definition) is 0. The van der Waals surface area contributed by atoms with Gasteiger partial charge < -0.3 is 0 Å². The molecule has 0 saturated heterocycles. The Morgan fingerprint density at radius 2 is 0.957 bits per heavy atom. The fourth-order valence-electron chi connectivity index (χ4n) is 3.04. The molecule has 140 valence electrons. The molecule has 23 heavy (non-hydrogen) atoms. The third-order valence-electron chi connectivity index (χ3n) is 4.58. The van der Waals surface area contributed by atoms with E-state index in [-0.39, 0.29) is 0 Å². The maximum absolute atomic E-state index is 11.5. The van der Waals surface area contributed by atoms with Crippen molar-refractivity contribution in [2.24, 2.45) is 0 Å². The van der Waals surface area contributed by atoms with Crippen LogP contribution in [0.3, 0.4) is 0 Å². The van der Waals surface area contributed by atoms with Crippen molar-refractivity contribution < 1.29 is 8.42 Å². The van der Waals surface area contributed by atoms with Crippen LogP contribution in [-0.2, 0) is 10.0 Å². The summed E-state index contributed by atoms with van der Waals surface area (Å²) in [5.41, 5.74) is 0. The van der Waals surface area contributed by atoms with Crippen molar-refractivity contribution in [1.29, 1.82) is 0 Å². The highest BCUT2D eigenvalue weighted by molar-refractivity contribution is 7.88. The number of nitrogens with zero attached hydrogens (tertiary/aromatic N) is 1. The first kappa shape index (κ1) is 22.9. The minimum atomic E-state index is -3.00. The van der Waals surface area contributed by atoms with Crippen molar-refractivity contribution in [2.45, 2.75) is 104 Å². The highest BCUT2D eigenvalue weighted by Crippen LogP contribution is 2.13. The molecule has 0 aliphatic heterocycles. The van der Waals surface area contributed by atoms with Crippen LogP contribution in [0.4, 0.5) is 0 Å². The lowest BCUT2D eigenvalue weighted by Gasteiger charge is -2.17. The van der Waals surface area contributed by atoms with Gasteiger partial charge in [-0.15, -0.1) is 0 Å². The van der Waals surface area contributed by atoms with Crippen molar-refractivity contribution in [3.63, 3.8) is 0 Å². The van der Waals surface area contributed by atoms with Crippen LogP contribution in [0.5, 0.6) is 0 Å². The van der Waals surface area contributed by atoms with Gasteiger partial charge in [-0.1, -0.05) is 97.3 Å². The Labute approximate surface area is 146 Å². The molecule has 4 heteroatoms. The highest BCUT2D eigenvalue weighted by atomic mass is 32.2. The molecule has 0 fully saturated rings. The highest BCUT2D eigenvalue weighted by Gasteiger charge is 2.12. The van der Waals surface area contributed by atoms with Crippen LogP contribution in [0, 0.1) is 0 Å². The van der Waals surface area contributed by atoms with Crippen molar-refractivity contribution >= 4 is 10.0 Å². The van der Waals surface area contributed by atoms with E-state index >= 15 is 0 Å². The third-order valence-corrected chi connectivity index (χ3v) is 5.96. The summed E-state index contributed by atoms with van der Waals surface area (Å²) in [6, 6.07) is 0. The zero-order valence-corrected chi connectivity index (χ0v) is 16.8. The van der Waals surface area contributed by atoms with E-state index < -0.39 is 10.0 Å². The van der Waals surface area contributed by atoms with Gasteiger partial charge >= 0.3 is 0 Å². The number of hydrogen-bond acceptors (Lipinski definition) is 2. The normalized spacial score (nSPS) is 12.2. The topological polar surface area (TPSA) is 37.4 Å². The van der Waals surface area contributed by atoms with Gasteiger partial charge in [-0.25, -0.2) is 12.7 Å². The first-order chi connectivity index (χ1) is 11.0. The molecule has 0 aliphatic carbocycles. The average molecular weight is 348 g/mol. The van der Waals surface area contributed by atoms with E-state index in [1.165, 1.54) is 83.3 Å². The van der Waals surface area contributed by atoms with Gasteiger partial charge in [0.05, 0.1) is 6.26 Å². The Morgan fingerprint density at radius 3 is 1.26 bits per heavy atom. The summed E-state index contributed by atoms with van der Waals surface area (Å²) in [5, 5.41) is 0. The van der Waals surface area contributed by atoms with E-state index in [4.69, 9.17) is 0 Å². The van der Waals surface area contributed by atoms with E-state index in [1.54, 1.807) is 4.31 Å². The van der Waals surface area contributed by atoms with Gasteiger partial charge in [0.15, 0.2) is 0 Å². The van der Waals surface area contributed by atoms with Crippen molar-refractivity contribution in [3.8, 4) is 0 Å². The second kappa shape index (κ2) is 15.4. The van der Waals surface area contributed by atoms with Gasteiger partial charge in [0.25, 0.3) is 0 Å². The maximum Gasteiger partial charge on any atom is 0.211 e. The lowest BCUT2D eigenvalue weighted by atomic mass is 10.0. The summed E-state index contributed by atoms with van der Waals surface area (Å²) in [5.74, 6) is 0. The fourth-order valence-corrected chi connectivity index (χ4v) is 3.97. The molecule has 0 aliphatic rings. The molecule has 0 rings (SSSR count). The van der Waals surface area contributed by atoms with Crippen molar-refractivity contribution in [2.75, 3.05) is 19.3 Å². The number of unbranched alkanes of at least 4 members (excludes halogenated alkanes) is 13. The van der Waals surface area contributed by atoms with Gasteiger partial charge in [-0.05, 0) is 6.42 Å². The van der Waals surface area contributed by atoms with E-state index in [9.17, 15) is 8.42 Å². The third kappa shape index (κ3) is 15.2. The molecule has 0 saturated carbocycles. The molecular formula is C19H41NO2S. The molecule has 0 N–H and O–H groups in total. The average Bonchev–Trinajstić information content (AvgIpc) is 2.50. The van der Waals surface area contributed by atoms with Gasteiger partial charge in [0, 0.05) is 13.1 Å². The number of sulfonamides is 1. The molecule has 0 atom stereocenters. The minimum absolute atomic E-state index is 0.595. The Hall–Kier alpha value is -0.0900. The van der Waals surface area contributed by atoms with Gasteiger partial charge in [0.1, 0.15) is 0 Å². The molecule has 0 aromatic carbocycles. The molecule has 0 unspecified atom stereocenters. The van der Waals surface area contributed by atoms with Crippen LogP contribution in [0.1, 0.15) is 104 Å². The summed E-state index contributed by atoms with van der Waals surface area (Å²) in [6.45, 7) is 5.46. The Bertz CT molecular complexity index is 341. The van der Waals surface area contributed by atoms with Crippen molar-refractivity contribution in [3.05, 3.63) is 0 Å². The quantitative estimate of drug-likeness (QED) is 0.314.